The summed E-state index contributed by atoms with van der Waals surface area (Å²) in [6.45, 7) is 4.76. The third-order valence-corrected chi connectivity index (χ3v) is 5.37. The van der Waals surface area contributed by atoms with Crippen LogP contribution in [-0.4, -0.2) is 43.0 Å². The molecule has 4 rings (SSSR count). The number of hydrogen-bond acceptors (Lipinski definition) is 2. The smallest absolute Gasteiger partial charge is 0.0361 e. The van der Waals surface area contributed by atoms with Gasteiger partial charge >= 0.3 is 0 Å². The van der Waals surface area contributed by atoms with E-state index in [4.69, 9.17) is 0 Å². The lowest BCUT2D eigenvalue weighted by Crippen LogP contribution is -2.45. The van der Waals surface area contributed by atoms with Gasteiger partial charge in [-0.05, 0) is 30.2 Å². The molecule has 0 bridgehead atoms. The molecule has 1 aliphatic carbocycles. The van der Waals surface area contributed by atoms with E-state index in [1.165, 1.54) is 43.7 Å². The highest BCUT2D eigenvalue weighted by Gasteiger charge is 2.35. The van der Waals surface area contributed by atoms with Crippen LogP contribution in [0.25, 0.3) is 0 Å². The Hall–Kier alpha value is -1.64. The zero-order valence-electron chi connectivity index (χ0n) is 13.3. The molecule has 2 nitrogen and oxygen atoms in total. The van der Waals surface area contributed by atoms with Crippen molar-refractivity contribution in [3.8, 4) is 0 Å². The highest BCUT2D eigenvalue weighted by molar-refractivity contribution is 5.44. The van der Waals surface area contributed by atoms with Crippen molar-refractivity contribution in [2.75, 3.05) is 33.2 Å². The van der Waals surface area contributed by atoms with E-state index in [0.717, 1.165) is 0 Å². The zero-order valence-corrected chi connectivity index (χ0v) is 13.3. The van der Waals surface area contributed by atoms with E-state index in [1.807, 2.05) is 0 Å². The average molecular weight is 292 g/mol. The molecule has 2 atom stereocenters. The molecular formula is C20H24N2. The molecule has 1 heterocycles. The molecule has 0 saturated carbocycles. The van der Waals surface area contributed by atoms with Crippen molar-refractivity contribution in [1.29, 1.82) is 0 Å². The first-order valence-electron chi connectivity index (χ1n) is 8.39. The van der Waals surface area contributed by atoms with E-state index in [2.05, 4.69) is 71.4 Å². The van der Waals surface area contributed by atoms with Crippen molar-refractivity contribution in [1.82, 2.24) is 9.80 Å². The number of benzene rings is 2. The van der Waals surface area contributed by atoms with E-state index in [-0.39, 0.29) is 0 Å². The Labute approximate surface area is 133 Å². The molecule has 0 spiro atoms. The number of rotatable bonds is 2. The Kier molecular flexibility index (Phi) is 3.73. The lowest BCUT2D eigenvalue weighted by molar-refractivity contribution is 0.110. The molecule has 2 aliphatic rings. The quantitative estimate of drug-likeness (QED) is 0.836. The Balaban J connectivity index is 1.65. The van der Waals surface area contributed by atoms with Crippen LogP contribution in [0.3, 0.4) is 0 Å². The van der Waals surface area contributed by atoms with E-state index < -0.39 is 0 Å². The molecule has 0 amide bonds. The first kappa shape index (κ1) is 14.0. The van der Waals surface area contributed by atoms with E-state index in [1.54, 1.807) is 5.56 Å². The van der Waals surface area contributed by atoms with Crippen LogP contribution in [0.4, 0.5) is 0 Å². The van der Waals surface area contributed by atoms with Gasteiger partial charge in [0.1, 0.15) is 0 Å². The summed E-state index contributed by atoms with van der Waals surface area (Å²) in [5.74, 6) is 0.557. The molecule has 114 valence electrons. The molecule has 2 heteroatoms. The Morgan fingerprint density at radius 1 is 0.773 bits per heavy atom. The topological polar surface area (TPSA) is 6.48 Å². The lowest BCUT2D eigenvalue weighted by atomic mass is 9.93. The summed E-state index contributed by atoms with van der Waals surface area (Å²) < 4.78 is 0. The summed E-state index contributed by atoms with van der Waals surface area (Å²) in [5, 5.41) is 0. The predicted molar refractivity (Wildman–Crippen MR) is 91.2 cm³/mol. The highest BCUT2D eigenvalue weighted by Crippen LogP contribution is 2.46. The molecule has 22 heavy (non-hydrogen) atoms. The number of piperazine rings is 1. The normalized spacial score (nSPS) is 26.0. The van der Waals surface area contributed by atoms with E-state index in [9.17, 15) is 0 Å². The van der Waals surface area contributed by atoms with E-state index in [0.29, 0.717) is 12.0 Å². The van der Waals surface area contributed by atoms with Gasteiger partial charge in [0, 0.05) is 38.1 Å². The van der Waals surface area contributed by atoms with Crippen molar-refractivity contribution >= 4 is 0 Å². The highest BCUT2D eigenvalue weighted by atomic mass is 15.3. The maximum absolute atomic E-state index is 2.70. The standard InChI is InChI=1S/C20H24N2/c1-21-11-13-22(14-12-21)20-15-19(16-7-3-2-4-8-16)17-9-5-6-10-18(17)20/h2-10,19-20H,11-15H2,1H3/t19-,20+/m0/s1. The lowest BCUT2D eigenvalue weighted by Gasteiger charge is -2.37. The van der Waals surface area contributed by atoms with Crippen molar-refractivity contribution < 1.29 is 0 Å². The molecule has 0 N–H and O–H groups in total. The van der Waals surface area contributed by atoms with Crippen molar-refractivity contribution in [2.45, 2.75) is 18.4 Å². The number of fused-ring (bicyclic) bond motifs is 1. The summed E-state index contributed by atoms with van der Waals surface area (Å²) in [6.07, 6.45) is 1.23. The van der Waals surface area contributed by atoms with Gasteiger partial charge in [-0.25, -0.2) is 0 Å². The summed E-state index contributed by atoms with van der Waals surface area (Å²) in [6, 6.07) is 20.7. The SMILES string of the molecule is CN1CCN([C@@H]2C[C@@H](c3ccccc3)c3ccccc32)CC1. The van der Waals surface area contributed by atoms with Crippen LogP contribution in [0.15, 0.2) is 54.6 Å². The first-order chi connectivity index (χ1) is 10.8. The maximum Gasteiger partial charge on any atom is 0.0361 e. The first-order valence-corrected chi connectivity index (χ1v) is 8.39. The molecular weight excluding hydrogens is 268 g/mol. The van der Waals surface area contributed by atoms with Crippen LogP contribution in [-0.2, 0) is 0 Å². The van der Waals surface area contributed by atoms with Crippen molar-refractivity contribution in [3.63, 3.8) is 0 Å². The molecule has 2 aromatic carbocycles. The monoisotopic (exact) mass is 292 g/mol. The second kappa shape index (κ2) is 5.86. The van der Waals surface area contributed by atoms with Gasteiger partial charge in [-0.1, -0.05) is 54.6 Å². The van der Waals surface area contributed by atoms with Crippen LogP contribution >= 0.6 is 0 Å². The maximum atomic E-state index is 2.70. The summed E-state index contributed by atoms with van der Waals surface area (Å²) in [5.41, 5.74) is 4.56. The number of nitrogens with zero attached hydrogens (tertiary/aromatic N) is 2. The largest absolute Gasteiger partial charge is 0.304 e. The number of hydrogen-bond donors (Lipinski definition) is 0. The molecule has 2 aromatic rings. The second-order valence-electron chi connectivity index (χ2n) is 6.68. The Morgan fingerprint density at radius 3 is 2.14 bits per heavy atom. The molecule has 1 fully saturated rings. The van der Waals surface area contributed by atoms with Crippen molar-refractivity contribution in [2.24, 2.45) is 0 Å². The zero-order chi connectivity index (χ0) is 14.9. The van der Waals surface area contributed by atoms with Crippen LogP contribution in [0.1, 0.15) is 35.1 Å². The third kappa shape index (κ3) is 2.47. The fourth-order valence-corrected chi connectivity index (χ4v) is 4.09. The molecule has 1 aliphatic heterocycles. The minimum atomic E-state index is 0.557. The fraction of sp³-hybridized carbons (Fsp3) is 0.400. The number of likely N-dealkylation sites (N-methyl/N-ethyl adjacent to an activating group) is 1. The minimum Gasteiger partial charge on any atom is -0.304 e. The summed E-state index contributed by atoms with van der Waals surface area (Å²) in [4.78, 5) is 5.13. The van der Waals surface area contributed by atoms with Gasteiger partial charge in [0.15, 0.2) is 0 Å². The van der Waals surface area contributed by atoms with Gasteiger partial charge in [-0.2, -0.15) is 0 Å². The van der Waals surface area contributed by atoms with Crippen LogP contribution < -0.4 is 0 Å². The molecule has 1 saturated heterocycles. The van der Waals surface area contributed by atoms with Gasteiger partial charge in [0.25, 0.3) is 0 Å². The average Bonchev–Trinajstić information content (AvgIpc) is 2.96. The summed E-state index contributed by atoms with van der Waals surface area (Å²) in [7, 11) is 2.23. The van der Waals surface area contributed by atoms with Crippen molar-refractivity contribution in [3.05, 3.63) is 71.3 Å². The minimum absolute atomic E-state index is 0.557. The Bertz CT molecular complexity index is 629. The molecule has 0 unspecified atom stereocenters. The van der Waals surface area contributed by atoms with Crippen LogP contribution in [0.5, 0.6) is 0 Å². The van der Waals surface area contributed by atoms with E-state index >= 15 is 0 Å². The van der Waals surface area contributed by atoms with Crippen LogP contribution in [0, 0.1) is 0 Å². The fourth-order valence-electron chi connectivity index (χ4n) is 4.09. The van der Waals surface area contributed by atoms with Crippen LogP contribution in [0.2, 0.25) is 0 Å². The molecule has 0 aromatic heterocycles. The molecule has 0 radical (unpaired) electrons. The second-order valence-corrected chi connectivity index (χ2v) is 6.68. The van der Waals surface area contributed by atoms with Gasteiger partial charge in [0.05, 0.1) is 0 Å². The summed E-state index contributed by atoms with van der Waals surface area (Å²) >= 11 is 0. The van der Waals surface area contributed by atoms with Gasteiger partial charge in [0.2, 0.25) is 0 Å². The predicted octanol–water partition coefficient (Wildman–Crippen LogP) is 3.51. The van der Waals surface area contributed by atoms with Gasteiger partial charge in [-0.15, -0.1) is 0 Å². The van der Waals surface area contributed by atoms with Gasteiger partial charge in [-0.3, -0.25) is 4.90 Å². The third-order valence-electron chi connectivity index (χ3n) is 5.37. The van der Waals surface area contributed by atoms with Gasteiger partial charge < -0.3 is 4.90 Å². The Morgan fingerprint density at radius 2 is 1.41 bits per heavy atom.